The highest BCUT2D eigenvalue weighted by Crippen LogP contribution is 2.37. The third-order valence-electron chi connectivity index (χ3n) is 9.33. The van der Waals surface area contributed by atoms with E-state index in [1.807, 2.05) is 31.9 Å². The lowest BCUT2D eigenvalue weighted by atomic mass is 9.87. The van der Waals surface area contributed by atoms with Crippen LogP contribution in [-0.4, -0.2) is 71.9 Å². The summed E-state index contributed by atoms with van der Waals surface area (Å²) in [6.07, 6.45) is 3.05. The van der Waals surface area contributed by atoms with Gasteiger partial charge in [-0.25, -0.2) is 4.39 Å². The number of aromatic amines is 1. The Kier molecular flexibility index (Phi) is 9.20. The van der Waals surface area contributed by atoms with Gasteiger partial charge in [-0.2, -0.15) is 13.2 Å². The van der Waals surface area contributed by atoms with Gasteiger partial charge in [0, 0.05) is 62.0 Å². The average molecular weight is 618 g/mol. The number of benzene rings is 1. The first-order valence-corrected chi connectivity index (χ1v) is 15.2. The molecule has 1 saturated carbocycles. The van der Waals surface area contributed by atoms with E-state index in [2.05, 4.69) is 15.2 Å². The number of carbonyl (C=O) groups is 2. The molecular weight excluding hydrogens is 578 g/mol. The molecule has 3 heterocycles. The number of rotatable bonds is 5. The Hall–Kier alpha value is -3.67. The molecule has 12 heteroatoms. The number of nitrogens with one attached hydrogen (secondary N) is 2. The maximum Gasteiger partial charge on any atom is 0.417 e. The third-order valence-corrected chi connectivity index (χ3v) is 9.33. The summed E-state index contributed by atoms with van der Waals surface area (Å²) in [4.78, 5) is 46.1. The molecule has 44 heavy (non-hydrogen) atoms. The van der Waals surface area contributed by atoms with Crippen LogP contribution in [0.2, 0.25) is 0 Å². The molecule has 0 unspecified atom stereocenters. The summed E-state index contributed by atoms with van der Waals surface area (Å²) >= 11 is 0. The maximum absolute atomic E-state index is 15.9. The van der Waals surface area contributed by atoms with Crippen LogP contribution in [-0.2, 0) is 11.0 Å². The fourth-order valence-electron chi connectivity index (χ4n) is 6.58. The van der Waals surface area contributed by atoms with Gasteiger partial charge in [0.2, 0.25) is 11.5 Å². The van der Waals surface area contributed by atoms with E-state index in [4.69, 9.17) is 0 Å². The van der Waals surface area contributed by atoms with E-state index in [1.54, 1.807) is 4.90 Å². The van der Waals surface area contributed by atoms with Crippen LogP contribution in [0.1, 0.15) is 73.9 Å². The van der Waals surface area contributed by atoms with Crippen LogP contribution in [0.15, 0.2) is 35.3 Å². The van der Waals surface area contributed by atoms with Crippen LogP contribution in [0.25, 0.3) is 5.57 Å². The first kappa shape index (κ1) is 31.7. The SMILES string of the molecule is C[C@@H]1CN(c2cc(F)c(C3=CCN(C(=O)C4CCCCC4)CC3)cc2NC(=O)c2c[nH]c(=O)cc2C(F)(F)F)C[C@H](C)N1C. The van der Waals surface area contributed by atoms with E-state index in [9.17, 15) is 27.6 Å². The maximum atomic E-state index is 15.9. The van der Waals surface area contributed by atoms with Gasteiger partial charge in [-0.1, -0.05) is 25.3 Å². The number of aromatic nitrogens is 1. The van der Waals surface area contributed by atoms with Crippen LogP contribution >= 0.6 is 0 Å². The Morgan fingerprint density at radius 2 is 1.70 bits per heavy atom. The van der Waals surface area contributed by atoms with Crippen LogP contribution in [0.4, 0.5) is 28.9 Å². The zero-order valence-corrected chi connectivity index (χ0v) is 25.3. The number of piperazine rings is 1. The zero-order valence-electron chi connectivity index (χ0n) is 25.3. The largest absolute Gasteiger partial charge is 0.417 e. The average Bonchev–Trinajstić information content (AvgIpc) is 3.00. The van der Waals surface area contributed by atoms with E-state index in [0.717, 1.165) is 38.3 Å². The summed E-state index contributed by atoms with van der Waals surface area (Å²) < 4.78 is 57.1. The molecule has 1 aromatic carbocycles. The molecule has 2 aromatic rings. The molecule has 0 radical (unpaired) electrons. The molecule has 2 N–H and O–H groups in total. The number of hydrogen-bond acceptors (Lipinski definition) is 5. The standard InChI is InChI=1S/C32H39F4N5O3/c1-19-17-41(18-20(2)39(19)3)28-15-26(33)23(21-9-11-40(12-10-21)31(44)22-7-5-4-6-8-22)13-27(28)38-30(43)24-16-37-29(42)14-25(24)32(34,35)36/h9,13-16,19-20,22H,4-8,10-12,17-18H2,1-3H3,(H,37,42)(H,38,43)/t19-,20+. The van der Waals surface area contributed by atoms with Crippen LogP contribution in [0.5, 0.6) is 0 Å². The van der Waals surface area contributed by atoms with Crippen molar-refractivity contribution in [1.29, 1.82) is 0 Å². The molecular formula is C32H39F4N5O3. The molecule has 2 fully saturated rings. The molecule has 2 atom stereocenters. The van der Waals surface area contributed by atoms with Gasteiger partial charge in [-0.3, -0.25) is 19.3 Å². The van der Waals surface area contributed by atoms with E-state index < -0.39 is 34.6 Å². The summed E-state index contributed by atoms with van der Waals surface area (Å²) in [6, 6.07) is 3.33. The number of likely N-dealkylation sites (N-methyl/N-ethyl adjacent to an activating group) is 1. The number of pyridine rings is 1. The van der Waals surface area contributed by atoms with E-state index in [1.165, 1.54) is 12.1 Å². The normalized spacial score (nSPS) is 22.1. The fraction of sp³-hybridized carbons (Fsp3) is 0.531. The van der Waals surface area contributed by atoms with Crippen molar-refractivity contribution in [3.05, 3.63) is 63.3 Å². The summed E-state index contributed by atoms with van der Waals surface area (Å²) in [6.45, 7) is 5.84. The number of anilines is 2. The van der Waals surface area contributed by atoms with Crippen molar-refractivity contribution in [1.82, 2.24) is 14.8 Å². The summed E-state index contributed by atoms with van der Waals surface area (Å²) in [7, 11) is 1.99. The Balaban J connectivity index is 1.48. The van der Waals surface area contributed by atoms with Gasteiger partial charge in [-0.05, 0) is 57.9 Å². The molecule has 8 nitrogen and oxygen atoms in total. The van der Waals surface area contributed by atoms with Gasteiger partial charge in [0.05, 0.1) is 22.5 Å². The molecule has 238 valence electrons. The van der Waals surface area contributed by atoms with Crippen molar-refractivity contribution in [3.8, 4) is 0 Å². The quantitative estimate of drug-likeness (QED) is 0.432. The molecule has 5 rings (SSSR count). The number of alkyl halides is 3. The number of hydrogen-bond donors (Lipinski definition) is 2. The van der Waals surface area contributed by atoms with Crippen LogP contribution < -0.4 is 15.8 Å². The fourth-order valence-corrected chi connectivity index (χ4v) is 6.58. The third kappa shape index (κ3) is 6.69. The van der Waals surface area contributed by atoms with Gasteiger partial charge in [0.1, 0.15) is 5.82 Å². The van der Waals surface area contributed by atoms with E-state index in [0.29, 0.717) is 49.9 Å². The van der Waals surface area contributed by atoms with Crippen molar-refractivity contribution in [3.63, 3.8) is 0 Å². The lowest BCUT2D eigenvalue weighted by Gasteiger charge is -2.44. The Morgan fingerprint density at radius 1 is 1.02 bits per heavy atom. The predicted octanol–water partition coefficient (Wildman–Crippen LogP) is 5.51. The van der Waals surface area contributed by atoms with Gasteiger partial charge in [0.25, 0.3) is 5.91 Å². The number of H-pyrrole nitrogens is 1. The molecule has 1 aliphatic carbocycles. The highest BCUT2D eigenvalue weighted by molar-refractivity contribution is 6.07. The second-order valence-electron chi connectivity index (χ2n) is 12.3. The van der Waals surface area contributed by atoms with Gasteiger partial charge in [-0.15, -0.1) is 0 Å². The van der Waals surface area contributed by atoms with Crippen LogP contribution in [0, 0.1) is 11.7 Å². The van der Waals surface area contributed by atoms with Crippen molar-refractivity contribution >= 4 is 28.8 Å². The van der Waals surface area contributed by atoms with E-state index >= 15 is 4.39 Å². The Labute approximate surface area is 254 Å². The van der Waals surface area contributed by atoms with Crippen molar-refractivity contribution in [2.75, 3.05) is 43.4 Å². The highest BCUT2D eigenvalue weighted by Gasteiger charge is 2.37. The second-order valence-corrected chi connectivity index (χ2v) is 12.3. The molecule has 0 spiro atoms. The minimum Gasteiger partial charge on any atom is -0.367 e. The number of amides is 2. The van der Waals surface area contributed by atoms with Crippen molar-refractivity contribution < 1.29 is 27.2 Å². The molecule has 0 bridgehead atoms. The summed E-state index contributed by atoms with van der Waals surface area (Å²) in [5, 5.41) is 2.60. The van der Waals surface area contributed by atoms with Gasteiger partial charge in [0.15, 0.2) is 0 Å². The number of halogens is 4. The van der Waals surface area contributed by atoms with Crippen molar-refractivity contribution in [2.24, 2.45) is 5.92 Å². The first-order chi connectivity index (χ1) is 20.8. The lowest BCUT2D eigenvalue weighted by Crippen LogP contribution is -2.55. The second kappa shape index (κ2) is 12.7. The topological polar surface area (TPSA) is 88.7 Å². The molecule has 3 aliphatic rings. The van der Waals surface area contributed by atoms with Gasteiger partial charge >= 0.3 is 6.18 Å². The van der Waals surface area contributed by atoms with Crippen molar-refractivity contribution in [2.45, 2.75) is 70.6 Å². The minimum atomic E-state index is -4.94. The molecule has 2 amide bonds. The number of nitrogens with zero attached hydrogens (tertiary/aromatic N) is 3. The Morgan fingerprint density at radius 3 is 2.32 bits per heavy atom. The summed E-state index contributed by atoms with van der Waals surface area (Å²) in [5.74, 6) is -1.44. The van der Waals surface area contributed by atoms with E-state index in [-0.39, 0.29) is 35.2 Å². The number of carbonyl (C=O) groups excluding carboxylic acids is 2. The smallest absolute Gasteiger partial charge is 0.367 e. The Bertz CT molecular complexity index is 1490. The molecule has 1 saturated heterocycles. The minimum absolute atomic E-state index is 0.0272. The monoisotopic (exact) mass is 617 g/mol. The lowest BCUT2D eigenvalue weighted by molar-refractivity contribution is -0.138. The summed E-state index contributed by atoms with van der Waals surface area (Å²) in [5.41, 5.74) is -1.69. The zero-order chi connectivity index (χ0) is 31.8. The predicted molar refractivity (Wildman–Crippen MR) is 161 cm³/mol. The molecule has 2 aliphatic heterocycles. The van der Waals surface area contributed by atoms with Gasteiger partial charge < -0.3 is 20.1 Å². The first-order valence-electron chi connectivity index (χ1n) is 15.2. The van der Waals surface area contributed by atoms with Crippen LogP contribution in [0.3, 0.4) is 0 Å². The highest BCUT2D eigenvalue weighted by atomic mass is 19.4. The molecule has 1 aromatic heterocycles.